The highest BCUT2D eigenvalue weighted by atomic mass is 32.2. The largest absolute Gasteiger partial charge is 0.478 e. The van der Waals surface area contributed by atoms with E-state index in [0.717, 1.165) is 15.7 Å². The Hall–Kier alpha value is -2.26. The van der Waals surface area contributed by atoms with Gasteiger partial charge in [0.1, 0.15) is 0 Å². The number of hydrogen-bond acceptors (Lipinski definition) is 2. The Labute approximate surface area is 171 Å². The van der Waals surface area contributed by atoms with E-state index in [4.69, 9.17) is 0 Å². The molecule has 0 saturated heterocycles. The molecule has 0 atom stereocenters. The van der Waals surface area contributed by atoms with Crippen molar-refractivity contribution in [1.29, 1.82) is 0 Å². The second-order valence-corrected chi connectivity index (χ2v) is 10.2. The highest BCUT2D eigenvalue weighted by Gasteiger charge is 2.36. The van der Waals surface area contributed by atoms with Gasteiger partial charge in [-0.25, -0.2) is 4.79 Å². The van der Waals surface area contributed by atoms with Gasteiger partial charge in [-0.2, -0.15) is 0 Å². The summed E-state index contributed by atoms with van der Waals surface area (Å²) in [5, 5.41) is 11.1. The number of carboxylic acid groups (broad SMARTS) is 1. The van der Waals surface area contributed by atoms with Crippen molar-refractivity contribution in [2.24, 2.45) is 0 Å². The summed E-state index contributed by atoms with van der Waals surface area (Å²) in [6, 6.07) is 18.4. The predicted octanol–water partition coefficient (Wildman–Crippen LogP) is 7.04. The van der Waals surface area contributed by atoms with Crippen LogP contribution in [-0.4, -0.2) is 11.1 Å². The van der Waals surface area contributed by atoms with Crippen LogP contribution in [0.2, 0.25) is 0 Å². The maximum Gasteiger partial charge on any atom is 0.336 e. The Morgan fingerprint density at radius 2 is 1.50 bits per heavy atom. The topological polar surface area (TPSA) is 37.3 Å². The molecule has 0 heterocycles. The molecule has 28 heavy (non-hydrogen) atoms. The molecule has 0 spiro atoms. The van der Waals surface area contributed by atoms with Crippen LogP contribution in [0.4, 0.5) is 0 Å². The van der Waals surface area contributed by atoms with Crippen molar-refractivity contribution in [2.45, 2.75) is 61.2 Å². The first-order valence-electron chi connectivity index (χ1n) is 9.76. The van der Waals surface area contributed by atoms with Crippen molar-refractivity contribution in [3.8, 4) is 0 Å². The minimum absolute atomic E-state index is 0.196. The quantitative estimate of drug-likeness (QED) is 0.521. The average Bonchev–Trinajstić information content (AvgIpc) is 2.65. The fourth-order valence-corrected chi connectivity index (χ4v) is 5.19. The molecule has 2 nitrogen and oxygen atoms in total. The van der Waals surface area contributed by atoms with Crippen LogP contribution < -0.4 is 0 Å². The molecular formula is C25H26O2S. The summed E-state index contributed by atoms with van der Waals surface area (Å²) in [5.74, 6) is -0.884. The van der Waals surface area contributed by atoms with Gasteiger partial charge in [-0.1, -0.05) is 63.7 Å². The third kappa shape index (κ3) is 3.33. The lowest BCUT2D eigenvalue weighted by atomic mass is 9.63. The summed E-state index contributed by atoms with van der Waals surface area (Å²) in [5.41, 5.74) is 3.71. The summed E-state index contributed by atoms with van der Waals surface area (Å²) < 4.78 is 0. The van der Waals surface area contributed by atoms with Gasteiger partial charge in [0.2, 0.25) is 0 Å². The molecule has 0 bridgehead atoms. The van der Waals surface area contributed by atoms with Crippen molar-refractivity contribution < 1.29 is 9.90 Å². The fourth-order valence-electron chi connectivity index (χ4n) is 4.28. The fraction of sp³-hybridized carbons (Fsp3) is 0.320. The SMILES string of the molecule is CC1(C)CCC(C)(C)c2cc(Sc3ccc4c(C(=O)O)cccc4c3)ccc21. The van der Waals surface area contributed by atoms with Crippen LogP contribution in [0.5, 0.6) is 0 Å². The molecule has 1 aliphatic rings. The number of rotatable bonds is 3. The zero-order valence-electron chi connectivity index (χ0n) is 16.9. The van der Waals surface area contributed by atoms with E-state index in [0.29, 0.717) is 5.56 Å². The summed E-state index contributed by atoms with van der Waals surface area (Å²) in [6.07, 6.45) is 2.42. The normalized spacial score (nSPS) is 17.3. The van der Waals surface area contributed by atoms with E-state index in [1.807, 2.05) is 24.3 Å². The summed E-state index contributed by atoms with van der Waals surface area (Å²) in [6.45, 7) is 9.38. The second kappa shape index (κ2) is 6.66. The smallest absolute Gasteiger partial charge is 0.336 e. The average molecular weight is 391 g/mol. The molecular weight excluding hydrogens is 364 g/mol. The van der Waals surface area contributed by atoms with Crippen LogP contribution >= 0.6 is 11.8 Å². The molecule has 3 aromatic rings. The minimum atomic E-state index is -0.884. The first kappa shape index (κ1) is 19.1. The monoisotopic (exact) mass is 390 g/mol. The van der Waals surface area contributed by atoms with E-state index in [1.54, 1.807) is 17.8 Å². The Kier molecular flexibility index (Phi) is 4.54. The van der Waals surface area contributed by atoms with Crippen molar-refractivity contribution >= 4 is 28.5 Å². The maximum absolute atomic E-state index is 11.4. The van der Waals surface area contributed by atoms with Crippen LogP contribution in [-0.2, 0) is 10.8 Å². The Morgan fingerprint density at radius 1 is 0.857 bits per heavy atom. The van der Waals surface area contributed by atoms with Crippen molar-refractivity contribution in [3.05, 3.63) is 71.3 Å². The number of aromatic carboxylic acids is 1. The number of carboxylic acids is 1. The first-order valence-corrected chi connectivity index (χ1v) is 10.6. The molecule has 0 aromatic heterocycles. The van der Waals surface area contributed by atoms with Crippen LogP contribution in [0.15, 0.2) is 64.4 Å². The molecule has 0 aliphatic heterocycles. The number of benzene rings is 3. The minimum Gasteiger partial charge on any atom is -0.478 e. The lowest BCUT2D eigenvalue weighted by Gasteiger charge is -2.42. The van der Waals surface area contributed by atoms with Gasteiger partial charge in [-0.15, -0.1) is 0 Å². The predicted molar refractivity (Wildman–Crippen MR) is 117 cm³/mol. The highest BCUT2D eigenvalue weighted by molar-refractivity contribution is 7.99. The van der Waals surface area contributed by atoms with Gasteiger partial charge in [-0.3, -0.25) is 0 Å². The Balaban J connectivity index is 1.71. The van der Waals surface area contributed by atoms with Gasteiger partial charge in [-0.05, 0) is 75.9 Å². The lowest BCUT2D eigenvalue weighted by Crippen LogP contribution is -2.33. The third-order valence-electron chi connectivity index (χ3n) is 6.14. The molecule has 0 fully saturated rings. The molecule has 3 aromatic carbocycles. The summed E-state index contributed by atoms with van der Waals surface area (Å²) >= 11 is 1.74. The van der Waals surface area contributed by atoms with E-state index in [-0.39, 0.29) is 10.8 Å². The van der Waals surface area contributed by atoms with Gasteiger partial charge >= 0.3 is 5.97 Å². The molecule has 0 saturated carbocycles. The van der Waals surface area contributed by atoms with E-state index in [1.165, 1.54) is 28.9 Å². The zero-order valence-corrected chi connectivity index (χ0v) is 17.7. The van der Waals surface area contributed by atoms with Gasteiger partial charge in [0.05, 0.1) is 5.56 Å². The van der Waals surface area contributed by atoms with Crippen molar-refractivity contribution in [2.75, 3.05) is 0 Å². The molecule has 1 aliphatic carbocycles. The van der Waals surface area contributed by atoms with Crippen molar-refractivity contribution in [3.63, 3.8) is 0 Å². The van der Waals surface area contributed by atoms with Gasteiger partial charge in [0.15, 0.2) is 0 Å². The summed E-state index contributed by atoms with van der Waals surface area (Å²) in [7, 11) is 0. The van der Waals surface area contributed by atoms with Crippen LogP contribution in [0, 0.1) is 0 Å². The van der Waals surface area contributed by atoms with Gasteiger partial charge < -0.3 is 5.11 Å². The zero-order chi connectivity index (χ0) is 20.1. The summed E-state index contributed by atoms with van der Waals surface area (Å²) in [4.78, 5) is 13.8. The van der Waals surface area contributed by atoms with E-state index < -0.39 is 5.97 Å². The molecule has 0 radical (unpaired) electrons. The molecule has 144 valence electrons. The number of hydrogen-bond donors (Lipinski definition) is 1. The molecule has 1 N–H and O–H groups in total. The van der Waals surface area contributed by atoms with E-state index >= 15 is 0 Å². The Bertz CT molecular complexity index is 1080. The maximum atomic E-state index is 11.4. The standard InChI is InChI=1S/C25H26O2S/c1-24(2)12-13-25(3,4)22-15-18(9-11-21(22)24)28-17-8-10-19-16(14-17)6-5-7-20(19)23(26)27/h5-11,14-15H,12-13H2,1-4H3,(H,26,27). The lowest BCUT2D eigenvalue weighted by molar-refractivity contribution is 0.0699. The van der Waals surface area contributed by atoms with Crippen LogP contribution in [0.25, 0.3) is 10.8 Å². The number of fused-ring (bicyclic) bond motifs is 2. The number of carbonyl (C=O) groups is 1. The Morgan fingerprint density at radius 3 is 2.21 bits per heavy atom. The third-order valence-corrected chi connectivity index (χ3v) is 7.12. The second-order valence-electron chi connectivity index (χ2n) is 9.07. The first-order chi connectivity index (χ1) is 13.2. The molecule has 3 heteroatoms. The molecule has 0 amide bonds. The van der Waals surface area contributed by atoms with Crippen LogP contribution in [0.1, 0.15) is 62.0 Å². The van der Waals surface area contributed by atoms with Gasteiger partial charge in [0.25, 0.3) is 0 Å². The molecule has 4 rings (SSSR count). The molecule has 0 unspecified atom stereocenters. The van der Waals surface area contributed by atoms with E-state index in [9.17, 15) is 9.90 Å². The van der Waals surface area contributed by atoms with Crippen molar-refractivity contribution in [1.82, 2.24) is 0 Å². The van der Waals surface area contributed by atoms with E-state index in [2.05, 4.69) is 52.0 Å². The van der Waals surface area contributed by atoms with Crippen LogP contribution in [0.3, 0.4) is 0 Å². The highest BCUT2D eigenvalue weighted by Crippen LogP contribution is 2.47. The van der Waals surface area contributed by atoms with Gasteiger partial charge in [0, 0.05) is 9.79 Å².